The summed E-state index contributed by atoms with van der Waals surface area (Å²) in [7, 11) is 0. The summed E-state index contributed by atoms with van der Waals surface area (Å²) in [6.45, 7) is 1.38. The number of para-hydroxylation sites is 1. The molecule has 1 fully saturated rings. The first-order valence-electron chi connectivity index (χ1n) is 14.4. The van der Waals surface area contributed by atoms with Gasteiger partial charge in [-0.05, 0) is 53.4 Å². The van der Waals surface area contributed by atoms with E-state index in [-0.39, 0.29) is 28.4 Å². The number of rotatable bonds is 5. The molecule has 8 rings (SSSR count). The zero-order chi connectivity index (χ0) is 29.2. The Bertz CT molecular complexity index is 2170. The number of hydrogen-bond acceptors (Lipinski definition) is 5. The monoisotopic (exact) mass is 573 g/mol. The van der Waals surface area contributed by atoms with Crippen LogP contribution in [-0.4, -0.2) is 41.1 Å². The number of fused-ring (bicyclic) bond motifs is 4. The van der Waals surface area contributed by atoms with Crippen molar-refractivity contribution in [1.29, 1.82) is 0 Å². The van der Waals surface area contributed by atoms with Gasteiger partial charge in [-0.1, -0.05) is 42.5 Å². The summed E-state index contributed by atoms with van der Waals surface area (Å²) in [5.41, 5.74) is 9.03. The van der Waals surface area contributed by atoms with Crippen molar-refractivity contribution < 1.29 is 13.9 Å². The average molecular weight is 574 g/mol. The predicted molar refractivity (Wildman–Crippen MR) is 166 cm³/mol. The first-order valence-corrected chi connectivity index (χ1v) is 14.4. The zero-order valence-corrected chi connectivity index (χ0v) is 23.2. The Labute approximate surface area is 245 Å². The van der Waals surface area contributed by atoms with Crippen molar-refractivity contribution in [3.05, 3.63) is 106 Å². The summed E-state index contributed by atoms with van der Waals surface area (Å²) in [5.74, 6) is -0.324. The fourth-order valence-corrected chi connectivity index (χ4v) is 6.48. The minimum Gasteiger partial charge on any atom is -0.451 e. The standard InChI is InChI=1S/C34H28FN5O3/c35-26-15-24-30-33(31(26)39-12-10-22(36)17-39)43-29-14-20-6-2-1-5-19(20)13-28(29)40(30)18-25(32(24)41)34(42)37-11-9-21-16-38-27-8-4-3-7-23(21)27/h1-8,13-16,18,22,38H,9-12,17,36H2,(H,37,42). The Hall–Kier alpha value is -5.15. The Balaban J connectivity index is 1.24. The lowest BCUT2D eigenvalue weighted by atomic mass is 10.0. The predicted octanol–water partition coefficient (Wildman–Crippen LogP) is 5.38. The number of nitrogens with zero attached hydrogens (tertiary/aromatic N) is 2. The molecule has 2 aliphatic heterocycles. The van der Waals surface area contributed by atoms with E-state index in [9.17, 15) is 9.59 Å². The molecule has 4 heterocycles. The van der Waals surface area contributed by atoms with Gasteiger partial charge in [0, 0.05) is 49.0 Å². The summed E-state index contributed by atoms with van der Waals surface area (Å²) in [6, 6.07) is 20.8. The molecule has 6 aromatic rings. The van der Waals surface area contributed by atoms with Crippen LogP contribution in [0.15, 0.2) is 83.9 Å². The van der Waals surface area contributed by atoms with Gasteiger partial charge in [0.15, 0.2) is 17.3 Å². The average Bonchev–Trinajstić information content (AvgIpc) is 3.63. The van der Waals surface area contributed by atoms with Crippen molar-refractivity contribution in [3.8, 4) is 17.2 Å². The van der Waals surface area contributed by atoms with Gasteiger partial charge in [-0.15, -0.1) is 0 Å². The highest BCUT2D eigenvalue weighted by molar-refractivity contribution is 6.02. The molecule has 43 heavy (non-hydrogen) atoms. The van der Waals surface area contributed by atoms with E-state index in [4.69, 9.17) is 10.5 Å². The first-order chi connectivity index (χ1) is 21.0. The number of carbonyl (C=O) groups is 1. The number of carbonyl (C=O) groups excluding carboxylic acids is 1. The fraction of sp³-hybridized carbons (Fsp3) is 0.176. The molecule has 4 N–H and O–H groups in total. The number of halogens is 1. The number of nitrogens with one attached hydrogen (secondary N) is 2. The molecule has 1 atom stereocenters. The van der Waals surface area contributed by atoms with Gasteiger partial charge in [0.05, 0.1) is 11.1 Å². The molecule has 0 saturated carbocycles. The summed E-state index contributed by atoms with van der Waals surface area (Å²) in [5, 5.41) is 6.01. The Kier molecular flexibility index (Phi) is 5.77. The van der Waals surface area contributed by atoms with Gasteiger partial charge in [-0.3, -0.25) is 9.59 Å². The molecule has 0 aliphatic carbocycles. The second-order valence-corrected chi connectivity index (χ2v) is 11.3. The third-order valence-corrected chi connectivity index (χ3v) is 8.61. The molecule has 0 radical (unpaired) electrons. The van der Waals surface area contributed by atoms with Crippen molar-refractivity contribution in [3.63, 3.8) is 0 Å². The molecule has 2 aliphatic rings. The lowest BCUT2D eigenvalue weighted by molar-refractivity contribution is 0.0952. The molecule has 1 amide bonds. The number of aromatic amines is 1. The van der Waals surface area contributed by atoms with Gasteiger partial charge in [0.1, 0.15) is 16.8 Å². The molecule has 214 valence electrons. The Morgan fingerprint density at radius 3 is 2.67 bits per heavy atom. The molecule has 0 spiro atoms. The van der Waals surface area contributed by atoms with Gasteiger partial charge < -0.3 is 30.2 Å². The molecule has 8 nitrogen and oxygen atoms in total. The Morgan fingerprint density at radius 1 is 1.07 bits per heavy atom. The van der Waals surface area contributed by atoms with Crippen molar-refractivity contribution in [2.24, 2.45) is 5.73 Å². The number of benzene rings is 4. The zero-order valence-electron chi connectivity index (χ0n) is 23.2. The van der Waals surface area contributed by atoms with Crippen LogP contribution in [0.2, 0.25) is 0 Å². The van der Waals surface area contributed by atoms with Crippen LogP contribution in [0.4, 0.5) is 10.1 Å². The molecule has 1 unspecified atom stereocenters. The molecular weight excluding hydrogens is 545 g/mol. The normalized spacial score (nSPS) is 15.7. The largest absolute Gasteiger partial charge is 0.451 e. The number of aromatic nitrogens is 2. The third-order valence-electron chi connectivity index (χ3n) is 8.61. The van der Waals surface area contributed by atoms with E-state index in [0.29, 0.717) is 43.0 Å². The molecule has 2 aromatic heterocycles. The van der Waals surface area contributed by atoms with Crippen LogP contribution in [0.5, 0.6) is 11.5 Å². The highest BCUT2D eigenvalue weighted by atomic mass is 19.1. The van der Waals surface area contributed by atoms with Crippen LogP contribution in [-0.2, 0) is 6.42 Å². The maximum absolute atomic E-state index is 15.9. The quantitative estimate of drug-likeness (QED) is 0.257. The van der Waals surface area contributed by atoms with E-state index in [1.54, 1.807) is 10.8 Å². The van der Waals surface area contributed by atoms with Crippen LogP contribution in [0.25, 0.3) is 38.3 Å². The number of hydrogen-bond donors (Lipinski definition) is 3. The van der Waals surface area contributed by atoms with Crippen LogP contribution < -0.4 is 26.1 Å². The summed E-state index contributed by atoms with van der Waals surface area (Å²) < 4.78 is 24.1. The van der Waals surface area contributed by atoms with E-state index in [1.165, 1.54) is 6.07 Å². The number of pyridine rings is 1. The van der Waals surface area contributed by atoms with Crippen LogP contribution in [0.3, 0.4) is 0 Å². The number of ether oxygens (including phenoxy) is 1. The van der Waals surface area contributed by atoms with Gasteiger partial charge in [-0.2, -0.15) is 0 Å². The highest BCUT2D eigenvalue weighted by Gasteiger charge is 2.33. The van der Waals surface area contributed by atoms with Crippen molar-refractivity contribution in [2.45, 2.75) is 18.9 Å². The molecule has 9 heteroatoms. The van der Waals surface area contributed by atoms with E-state index in [0.717, 1.165) is 33.7 Å². The molecule has 1 saturated heterocycles. The maximum atomic E-state index is 15.9. The molecule has 0 bridgehead atoms. The van der Waals surface area contributed by atoms with Crippen LogP contribution in [0, 0.1) is 5.82 Å². The fourth-order valence-electron chi connectivity index (χ4n) is 6.48. The topological polar surface area (TPSA) is 105 Å². The number of H-pyrrole nitrogens is 1. The Morgan fingerprint density at radius 2 is 1.86 bits per heavy atom. The van der Waals surface area contributed by atoms with Gasteiger partial charge in [0.25, 0.3) is 5.91 Å². The SMILES string of the molecule is NC1CCN(c2c(F)cc3c(=O)c(C(=O)NCCc4c[nH]c5ccccc45)cn4c3c2Oc2cc3ccccc3cc2-4)C1. The summed E-state index contributed by atoms with van der Waals surface area (Å²) >= 11 is 0. The van der Waals surface area contributed by atoms with Gasteiger partial charge >= 0.3 is 0 Å². The van der Waals surface area contributed by atoms with Crippen molar-refractivity contribution in [1.82, 2.24) is 14.9 Å². The smallest absolute Gasteiger partial charge is 0.256 e. The van der Waals surface area contributed by atoms with Crippen molar-refractivity contribution >= 4 is 44.2 Å². The lowest BCUT2D eigenvalue weighted by Gasteiger charge is -2.29. The summed E-state index contributed by atoms with van der Waals surface area (Å²) in [4.78, 5) is 32.4. The highest BCUT2D eigenvalue weighted by Crippen LogP contribution is 2.48. The lowest BCUT2D eigenvalue weighted by Crippen LogP contribution is -2.32. The summed E-state index contributed by atoms with van der Waals surface area (Å²) in [6.07, 6.45) is 4.80. The minimum absolute atomic E-state index is 0.0614. The van der Waals surface area contributed by atoms with Crippen LogP contribution >= 0.6 is 0 Å². The second-order valence-electron chi connectivity index (χ2n) is 11.3. The first kappa shape index (κ1) is 25.6. The van der Waals surface area contributed by atoms with E-state index < -0.39 is 17.2 Å². The molecular formula is C34H28FN5O3. The number of amides is 1. The second kappa shape index (κ2) is 9.71. The maximum Gasteiger partial charge on any atom is 0.256 e. The van der Waals surface area contributed by atoms with Gasteiger partial charge in [-0.25, -0.2) is 4.39 Å². The van der Waals surface area contributed by atoms with E-state index in [1.807, 2.05) is 71.8 Å². The van der Waals surface area contributed by atoms with Crippen molar-refractivity contribution in [2.75, 3.05) is 24.5 Å². The van der Waals surface area contributed by atoms with E-state index in [2.05, 4.69) is 10.3 Å². The van der Waals surface area contributed by atoms with Crippen LogP contribution in [0.1, 0.15) is 22.3 Å². The number of nitrogens with two attached hydrogens (primary N) is 1. The van der Waals surface area contributed by atoms with E-state index >= 15 is 4.39 Å². The minimum atomic E-state index is -0.582. The molecule has 4 aromatic carbocycles. The van der Waals surface area contributed by atoms with Gasteiger partial charge in [0.2, 0.25) is 5.43 Å². The number of anilines is 1. The third kappa shape index (κ3) is 4.07.